The molecule has 3 fully saturated rings. The van der Waals surface area contributed by atoms with Crippen molar-refractivity contribution in [2.75, 3.05) is 0 Å². The lowest BCUT2D eigenvalue weighted by Gasteiger charge is -2.45. The average Bonchev–Trinajstić information content (AvgIpc) is 3.13. The van der Waals surface area contributed by atoms with Crippen LogP contribution in [0.5, 0.6) is 0 Å². The Bertz CT molecular complexity index is 645. The van der Waals surface area contributed by atoms with Gasteiger partial charge in [-0.3, -0.25) is 9.59 Å². The maximum atomic E-state index is 13.2. The molecule has 2 aliphatic carbocycles. The van der Waals surface area contributed by atoms with E-state index >= 15 is 0 Å². The summed E-state index contributed by atoms with van der Waals surface area (Å²) in [5, 5.41) is 9.49. The molecule has 7 unspecified atom stereocenters. The van der Waals surface area contributed by atoms with Crippen LogP contribution in [0.25, 0.3) is 0 Å². The molecule has 0 aromatic carbocycles. The van der Waals surface area contributed by atoms with Crippen molar-refractivity contribution in [2.24, 2.45) is 34.0 Å². The molecule has 3 rings (SSSR count). The minimum atomic E-state index is -0.998. The number of nitriles is 1. The van der Waals surface area contributed by atoms with E-state index in [2.05, 4.69) is 40.7 Å². The summed E-state index contributed by atoms with van der Waals surface area (Å²) >= 11 is 0. The summed E-state index contributed by atoms with van der Waals surface area (Å²) in [6.45, 7) is 12.4. The number of hydrogen-bond acceptors (Lipinski definition) is 5. The molecular formula is C20H29NO4. The fraction of sp³-hybridized carbons (Fsp3) is 0.850. The summed E-state index contributed by atoms with van der Waals surface area (Å²) in [6.07, 6.45) is 1.22. The number of carbonyl (C=O) groups is 2. The van der Waals surface area contributed by atoms with Gasteiger partial charge >= 0.3 is 11.9 Å². The molecule has 0 amide bonds. The van der Waals surface area contributed by atoms with Gasteiger partial charge < -0.3 is 9.47 Å². The van der Waals surface area contributed by atoms with E-state index in [1.54, 1.807) is 0 Å². The molecule has 1 heterocycles. The fourth-order valence-electron chi connectivity index (χ4n) is 5.19. The smallest absolute Gasteiger partial charge is 0.327 e. The van der Waals surface area contributed by atoms with Gasteiger partial charge in [-0.1, -0.05) is 41.0 Å². The standard InChI is InChI=1S/C20H29NO4/c1-7-11(2)19(6,18(3,4)5)16(22)24-14-12-8-13-15(14)25-17(23)20(13,9-12)10-21/h11-15H,7-9H2,1-6H3. The highest BCUT2D eigenvalue weighted by atomic mass is 16.6. The first-order valence-corrected chi connectivity index (χ1v) is 9.36. The van der Waals surface area contributed by atoms with Gasteiger partial charge in [0.15, 0.2) is 5.41 Å². The molecule has 0 radical (unpaired) electrons. The molecule has 0 spiro atoms. The lowest BCUT2D eigenvalue weighted by molar-refractivity contribution is -0.182. The Hall–Kier alpha value is -1.57. The van der Waals surface area contributed by atoms with E-state index in [1.807, 2.05) is 6.92 Å². The van der Waals surface area contributed by atoms with Crippen molar-refractivity contribution in [2.45, 2.75) is 73.0 Å². The van der Waals surface area contributed by atoms with Gasteiger partial charge in [-0.15, -0.1) is 0 Å². The zero-order chi connectivity index (χ0) is 18.8. The van der Waals surface area contributed by atoms with Crippen LogP contribution in [0.2, 0.25) is 0 Å². The molecule has 2 bridgehead atoms. The van der Waals surface area contributed by atoms with E-state index in [9.17, 15) is 14.9 Å². The van der Waals surface area contributed by atoms with Crippen LogP contribution in [0.3, 0.4) is 0 Å². The molecule has 5 nitrogen and oxygen atoms in total. The van der Waals surface area contributed by atoms with E-state index in [-0.39, 0.29) is 29.1 Å². The molecule has 25 heavy (non-hydrogen) atoms. The Kier molecular flexibility index (Phi) is 3.98. The van der Waals surface area contributed by atoms with Gasteiger partial charge in [-0.05, 0) is 31.1 Å². The fourth-order valence-corrected chi connectivity index (χ4v) is 5.19. The first-order valence-electron chi connectivity index (χ1n) is 9.36. The van der Waals surface area contributed by atoms with Crippen molar-refractivity contribution >= 4 is 11.9 Å². The molecule has 1 saturated heterocycles. The Morgan fingerprint density at radius 1 is 1.44 bits per heavy atom. The molecule has 0 aromatic heterocycles. The average molecular weight is 347 g/mol. The van der Waals surface area contributed by atoms with E-state index in [0.29, 0.717) is 6.42 Å². The van der Waals surface area contributed by atoms with Gasteiger partial charge in [0, 0.05) is 11.8 Å². The highest BCUT2D eigenvalue weighted by molar-refractivity contribution is 5.85. The van der Waals surface area contributed by atoms with E-state index in [1.165, 1.54) is 0 Å². The predicted molar refractivity (Wildman–Crippen MR) is 91.0 cm³/mol. The van der Waals surface area contributed by atoms with Gasteiger partial charge in [0.05, 0.1) is 11.5 Å². The second kappa shape index (κ2) is 5.46. The van der Waals surface area contributed by atoms with Crippen LogP contribution in [0, 0.1) is 45.3 Å². The third-order valence-electron chi connectivity index (χ3n) is 7.59. The first kappa shape index (κ1) is 18.2. The summed E-state index contributed by atoms with van der Waals surface area (Å²) < 4.78 is 11.5. The van der Waals surface area contributed by atoms with Gasteiger partial charge in [0.25, 0.3) is 0 Å². The second-order valence-corrected chi connectivity index (χ2v) is 9.39. The quantitative estimate of drug-likeness (QED) is 0.728. The van der Waals surface area contributed by atoms with Gasteiger partial charge in [-0.25, -0.2) is 0 Å². The third-order valence-corrected chi connectivity index (χ3v) is 7.59. The normalized spacial score (nSPS) is 39.5. The van der Waals surface area contributed by atoms with Crippen molar-refractivity contribution in [1.82, 2.24) is 0 Å². The summed E-state index contributed by atoms with van der Waals surface area (Å²) in [7, 11) is 0. The monoisotopic (exact) mass is 347 g/mol. The van der Waals surface area contributed by atoms with E-state index in [0.717, 1.165) is 12.8 Å². The molecule has 138 valence electrons. The third kappa shape index (κ3) is 2.19. The zero-order valence-electron chi connectivity index (χ0n) is 16.1. The lowest BCUT2D eigenvalue weighted by atomic mass is 9.60. The van der Waals surface area contributed by atoms with Crippen molar-refractivity contribution in [3.8, 4) is 6.07 Å². The van der Waals surface area contributed by atoms with Crippen molar-refractivity contribution < 1.29 is 19.1 Å². The molecular weight excluding hydrogens is 318 g/mol. The molecule has 0 aromatic rings. The van der Waals surface area contributed by atoms with E-state index < -0.39 is 29.0 Å². The number of carbonyl (C=O) groups excluding carboxylic acids is 2. The Labute approximate surface area is 150 Å². The number of fused-ring (bicyclic) bond motifs is 1. The zero-order valence-corrected chi connectivity index (χ0v) is 16.1. The highest BCUT2D eigenvalue weighted by Crippen LogP contribution is 2.62. The van der Waals surface area contributed by atoms with Crippen molar-refractivity contribution in [3.63, 3.8) is 0 Å². The Balaban J connectivity index is 1.84. The molecule has 2 saturated carbocycles. The van der Waals surface area contributed by atoms with Crippen LogP contribution in [0.1, 0.15) is 60.8 Å². The highest BCUT2D eigenvalue weighted by Gasteiger charge is 2.72. The summed E-state index contributed by atoms with van der Waals surface area (Å²) in [5.41, 5.74) is -1.87. The predicted octanol–water partition coefficient (Wildman–Crippen LogP) is 3.47. The number of rotatable bonds is 4. The van der Waals surface area contributed by atoms with Crippen molar-refractivity contribution in [1.29, 1.82) is 5.26 Å². The minimum Gasteiger partial charge on any atom is -0.458 e. The summed E-state index contributed by atoms with van der Waals surface area (Å²) in [6, 6.07) is 2.19. The number of ether oxygens (including phenoxy) is 2. The summed E-state index contributed by atoms with van der Waals surface area (Å²) in [4.78, 5) is 25.4. The first-order chi connectivity index (χ1) is 11.5. The van der Waals surface area contributed by atoms with Crippen LogP contribution < -0.4 is 0 Å². The van der Waals surface area contributed by atoms with Crippen LogP contribution in [-0.2, 0) is 19.1 Å². The largest absolute Gasteiger partial charge is 0.458 e. The van der Waals surface area contributed by atoms with Crippen LogP contribution >= 0.6 is 0 Å². The molecule has 1 aliphatic heterocycles. The Morgan fingerprint density at radius 3 is 2.60 bits per heavy atom. The maximum absolute atomic E-state index is 13.2. The van der Waals surface area contributed by atoms with E-state index in [4.69, 9.17) is 9.47 Å². The van der Waals surface area contributed by atoms with Gasteiger partial charge in [0.1, 0.15) is 12.2 Å². The molecule has 7 atom stereocenters. The molecule has 5 heteroatoms. The maximum Gasteiger partial charge on any atom is 0.327 e. The molecule has 3 aliphatic rings. The topological polar surface area (TPSA) is 76.4 Å². The second-order valence-electron chi connectivity index (χ2n) is 9.39. The molecule has 0 N–H and O–H groups in total. The van der Waals surface area contributed by atoms with Gasteiger partial charge in [0.2, 0.25) is 0 Å². The van der Waals surface area contributed by atoms with Gasteiger partial charge in [-0.2, -0.15) is 5.26 Å². The Morgan fingerprint density at radius 2 is 2.08 bits per heavy atom. The SMILES string of the molecule is CCC(C)C(C)(C(=O)OC1C2CC3C1OC(=O)C3(C#N)C2)C(C)(C)C. The number of esters is 2. The number of nitrogens with zero attached hydrogens (tertiary/aromatic N) is 1. The number of hydrogen-bond donors (Lipinski definition) is 0. The lowest BCUT2D eigenvalue weighted by Crippen LogP contribution is -2.49. The van der Waals surface area contributed by atoms with Crippen molar-refractivity contribution in [3.05, 3.63) is 0 Å². The minimum absolute atomic E-state index is 0.0474. The van der Waals surface area contributed by atoms with Crippen LogP contribution in [0.15, 0.2) is 0 Å². The van der Waals surface area contributed by atoms with Crippen LogP contribution in [-0.4, -0.2) is 24.1 Å². The summed E-state index contributed by atoms with van der Waals surface area (Å²) in [5.74, 6) is -0.546. The van der Waals surface area contributed by atoms with Crippen LogP contribution in [0.4, 0.5) is 0 Å².